The molecule has 0 atom stereocenters. The van der Waals surface area contributed by atoms with E-state index in [0.29, 0.717) is 6.54 Å². The Kier molecular flexibility index (Phi) is 8.66. The van der Waals surface area contributed by atoms with Crippen molar-refractivity contribution in [1.82, 2.24) is 15.2 Å². The highest BCUT2D eigenvalue weighted by Crippen LogP contribution is 2.22. The SMILES string of the molecule is CCc1nc(CNC(=NC)N(C)Cc2ccc(Cl)s2)cs1.I. The van der Waals surface area contributed by atoms with Crippen molar-refractivity contribution in [3.05, 3.63) is 37.4 Å². The fourth-order valence-corrected chi connectivity index (χ4v) is 3.78. The van der Waals surface area contributed by atoms with E-state index in [4.69, 9.17) is 11.6 Å². The summed E-state index contributed by atoms with van der Waals surface area (Å²) >= 11 is 9.26. The van der Waals surface area contributed by atoms with Crippen LogP contribution >= 0.6 is 58.3 Å². The van der Waals surface area contributed by atoms with Crippen molar-refractivity contribution in [2.45, 2.75) is 26.4 Å². The summed E-state index contributed by atoms with van der Waals surface area (Å²) in [5, 5.41) is 6.61. The number of nitrogens with one attached hydrogen (secondary N) is 1. The minimum Gasteiger partial charge on any atom is -0.351 e. The maximum atomic E-state index is 5.96. The summed E-state index contributed by atoms with van der Waals surface area (Å²) in [7, 11) is 3.81. The van der Waals surface area contributed by atoms with Crippen molar-refractivity contribution in [3.8, 4) is 0 Å². The molecule has 0 unspecified atom stereocenters. The first-order valence-corrected chi connectivity index (χ1v) is 8.79. The van der Waals surface area contributed by atoms with Crippen molar-refractivity contribution in [1.29, 1.82) is 0 Å². The molecule has 2 aromatic rings. The van der Waals surface area contributed by atoms with Gasteiger partial charge in [-0.2, -0.15) is 0 Å². The lowest BCUT2D eigenvalue weighted by Crippen LogP contribution is -2.37. The fraction of sp³-hybridized carbons (Fsp3) is 0.429. The van der Waals surface area contributed by atoms with Crippen LogP contribution in [0.2, 0.25) is 4.34 Å². The second-order valence-corrected chi connectivity index (χ2v) is 7.29. The Morgan fingerprint density at radius 1 is 1.45 bits per heavy atom. The molecule has 1 N–H and O–H groups in total. The monoisotopic (exact) mass is 470 g/mol. The van der Waals surface area contributed by atoms with Gasteiger partial charge in [-0.3, -0.25) is 4.99 Å². The highest BCUT2D eigenvalue weighted by atomic mass is 127. The van der Waals surface area contributed by atoms with Gasteiger partial charge in [0, 0.05) is 24.4 Å². The molecule has 4 nitrogen and oxygen atoms in total. The molecule has 0 aliphatic carbocycles. The Bertz CT molecular complexity index is 612. The van der Waals surface area contributed by atoms with Crippen LogP contribution in [-0.4, -0.2) is 29.9 Å². The fourth-order valence-electron chi connectivity index (χ4n) is 1.89. The van der Waals surface area contributed by atoms with Crippen LogP contribution in [0.5, 0.6) is 0 Å². The normalized spacial score (nSPS) is 11.2. The molecule has 0 amide bonds. The Morgan fingerprint density at radius 2 is 2.23 bits per heavy atom. The van der Waals surface area contributed by atoms with Gasteiger partial charge in [0.2, 0.25) is 0 Å². The molecular weight excluding hydrogens is 451 g/mol. The third-order valence-corrected chi connectivity index (χ3v) is 5.18. The van der Waals surface area contributed by atoms with Crippen molar-refractivity contribution in [2.24, 2.45) is 4.99 Å². The average molecular weight is 471 g/mol. The van der Waals surface area contributed by atoms with E-state index >= 15 is 0 Å². The van der Waals surface area contributed by atoms with Gasteiger partial charge >= 0.3 is 0 Å². The molecule has 8 heteroatoms. The first-order valence-electron chi connectivity index (χ1n) is 6.71. The second-order valence-electron chi connectivity index (χ2n) is 4.55. The van der Waals surface area contributed by atoms with E-state index < -0.39 is 0 Å². The Morgan fingerprint density at radius 3 is 2.77 bits per heavy atom. The van der Waals surface area contributed by atoms with Crippen LogP contribution in [0.15, 0.2) is 22.5 Å². The smallest absolute Gasteiger partial charge is 0.194 e. The molecule has 22 heavy (non-hydrogen) atoms. The first kappa shape index (κ1) is 19.7. The maximum Gasteiger partial charge on any atom is 0.194 e. The van der Waals surface area contributed by atoms with E-state index in [1.54, 1.807) is 29.7 Å². The summed E-state index contributed by atoms with van der Waals surface area (Å²) in [6, 6.07) is 3.97. The van der Waals surface area contributed by atoms with Crippen LogP contribution in [0.1, 0.15) is 22.5 Å². The van der Waals surface area contributed by atoms with Crippen LogP contribution in [0, 0.1) is 0 Å². The zero-order chi connectivity index (χ0) is 15.2. The minimum atomic E-state index is 0. The number of thiophene rings is 1. The second kappa shape index (κ2) is 9.69. The molecule has 0 saturated heterocycles. The molecule has 122 valence electrons. The lowest BCUT2D eigenvalue weighted by atomic mass is 10.4. The largest absolute Gasteiger partial charge is 0.351 e. The zero-order valence-electron chi connectivity index (χ0n) is 12.8. The van der Waals surface area contributed by atoms with Crippen LogP contribution in [-0.2, 0) is 19.5 Å². The van der Waals surface area contributed by atoms with Crippen molar-refractivity contribution in [2.75, 3.05) is 14.1 Å². The molecule has 0 spiro atoms. The topological polar surface area (TPSA) is 40.5 Å². The number of hydrogen-bond donors (Lipinski definition) is 1. The van der Waals surface area contributed by atoms with Gasteiger partial charge in [-0.25, -0.2) is 4.98 Å². The predicted octanol–water partition coefficient (Wildman–Crippen LogP) is 4.25. The van der Waals surface area contributed by atoms with Crippen LogP contribution < -0.4 is 5.32 Å². The first-order chi connectivity index (χ1) is 10.1. The van der Waals surface area contributed by atoms with Gasteiger partial charge in [-0.05, 0) is 18.6 Å². The highest BCUT2D eigenvalue weighted by Gasteiger charge is 2.09. The number of rotatable bonds is 5. The van der Waals surface area contributed by atoms with Gasteiger partial charge in [0.15, 0.2) is 5.96 Å². The van der Waals surface area contributed by atoms with Crippen molar-refractivity contribution in [3.63, 3.8) is 0 Å². The molecule has 0 saturated carbocycles. The van der Waals surface area contributed by atoms with Crippen LogP contribution in [0.25, 0.3) is 0 Å². The molecule has 0 bridgehead atoms. The molecule has 2 rings (SSSR count). The van der Waals surface area contributed by atoms with Crippen molar-refractivity contribution < 1.29 is 0 Å². The van der Waals surface area contributed by atoms with E-state index in [9.17, 15) is 0 Å². The number of aryl methyl sites for hydroxylation is 1. The number of aliphatic imine (C=N–C) groups is 1. The third-order valence-electron chi connectivity index (χ3n) is 2.92. The third kappa shape index (κ3) is 5.68. The summed E-state index contributed by atoms with van der Waals surface area (Å²) in [4.78, 5) is 12.2. The minimum absolute atomic E-state index is 0. The van der Waals surface area contributed by atoms with E-state index in [2.05, 4.69) is 32.5 Å². The molecule has 2 heterocycles. The molecule has 0 aliphatic heterocycles. The lowest BCUT2D eigenvalue weighted by molar-refractivity contribution is 0.480. The maximum absolute atomic E-state index is 5.96. The Hall–Kier alpha value is -0.380. The van der Waals surface area contributed by atoms with Gasteiger partial charge in [0.25, 0.3) is 0 Å². The molecule has 0 radical (unpaired) electrons. The number of hydrogen-bond acceptors (Lipinski definition) is 4. The van der Waals surface area contributed by atoms with E-state index in [1.165, 1.54) is 9.88 Å². The Labute approximate surface area is 161 Å². The van der Waals surface area contributed by atoms with E-state index in [-0.39, 0.29) is 24.0 Å². The molecule has 0 aromatic carbocycles. The van der Waals surface area contributed by atoms with E-state index in [0.717, 1.165) is 29.0 Å². The molecular formula is C14H20ClIN4S2. The highest BCUT2D eigenvalue weighted by molar-refractivity contribution is 14.0. The van der Waals surface area contributed by atoms with Gasteiger partial charge in [0.05, 0.1) is 28.1 Å². The quantitative estimate of drug-likeness (QED) is 0.403. The van der Waals surface area contributed by atoms with Gasteiger partial charge < -0.3 is 10.2 Å². The number of halogens is 2. The van der Waals surface area contributed by atoms with Gasteiger partial charge in [-0.15, -0.1) is 46.7 Å². The molecule has 0 fully saturated rings. The summed E-state index contributed by atoms with van der Waals surface area (Å²) in [5.41, 5.74) is 1.06. The van der Waals surface area contributed by atoms with E-state index in [1.807, 2.05) is 19.2 Å². The standard InChI is InChI=1S/C14H19ClN4S2.HI/c1-4-13-18-10(9-20-13)7-17-14(16-2)19(3)8-11-5-6-12(15)21-11;/h5-6,9H,4,7-8H2,1-3H3,(H,16,17);1H. The van der Waals surface area contributed by atoms with Crippen molar-refractivity contribution >= 4 is 64.2 Å². The van der Waals surface area contributed by atoms with Gasteiger partial charge in [-0.1, -0.05) is 18.5 Å². The van der Waals surface area contributed by atoms with Crippen LogP contribution in [0.4, 0.5) is 0 Å². The van der Waals surface area contributed by atoms with Gasteiger partial charge in [0.1, 0.15) is 0 Å². The number of aromatic nitrogens is 1. The molecule has 0 aliphatic rings. The number of nitrogens with zero attached hydrogens (tertiary/aromatic N) is 3. The lowest BCUT2D eigenvalue weighted by Gasteiger charge is -2.21. The zero-order valence-corrected chi connectivity index (χ0v) is 17.5. The summed E-state index contributed by atoms with van der Waals surface area (Å²) in [6.07, 6.45) is 0.985. The summed E-state index contributed by atoms with van der Waals surface area (Å²) < 4.78 is 0.816. The number of thiazole rings is 1. The Balaban J connectivity index is 0.00000242. The predicted molar refractivity (Wildman–Crippen MR) is 108 cm³/mol. The summed E-state index contributed by atoms with van der Waals surface area (Å²) in [5.74, 6) is 0.852. The molecule has 2 aromatic heterocycles. The average Bonchev–Trinajstić information content (AvgIpc) is 3.08. The summed E-state index contributed by atoms with van der Waals surface area (Å²) in [6.45, 7) is 3.60. The van der Waals surface area contributed by atoms with Crippen LogP contribution in [0.3, 0.4) is 0 Å². The number of guanidine groups is 1.